The lowest BCUT2D eigenvalue weighted by molar-refractivity contribution is 0.309. The van der Waals surface area contributed by atoms with E-state index in [2.05, 4.69) is 47.6 Å². The molecule has 1 rings (SSSR count). The van der Waals surface area contributed by atoms with E-state index in [0.29, 0.717) is 6.04 Å². The third-order valence-corrected chi connectivity index (χ3v) is 3.47. The third kappa shape index (κ3) is 4.15. The number of nitrogens with zero attached hydrogens (tertiary/aromatic N) is 3. The van der Waals surface area contributed by atoms with Crippen LogP contribution in [0, 0.1) is 0 Å². The van der Waals surface area contributed by atoms with Gasteiger partial charge in [0.05, 0.1) is 10.6 Å². The van der Waals surface area contributed by atoms with Gasteiger partial charge in [-0.15, -0.1) is 5.10 Å². The van der Waals surface area contributed by atoms with E-state index >= 15 is 0 Å². The van der Waals surface area contributed by atoms with Crippen molar-refractivity contribution in [3.05, 3.63) is 10.6 Å². The zero-order valence-electron chi connectivity index (χ0n) is 10.7. The predicted octanol–water partition coefficient (Wildman–Crippen LogP) is 1.53. The van der Waals surface area contributed by atoms with Gasteiger partial charge in [-0.2, -0.15) is 0 Å². The first-order chi connectivity index (χ1) is 7.67. The molecule has 0 saturated heterocycles. The van der Waals surface area contributed by atoms with E-state index in [9.17, 15) is 0 Å². The Morgan fingerprint density at radius 2 is 2.19 bits per heavy atom. The lowest BCUT2D eigenvalue weighted by Gasteiger charge is -2.20. The molecule has 4 nitrogen and oxygen atoms in total. The average Bonchev–Trinajstić information content (AvgIpc) is 2.73. The van der Waals surface area contributed by atoms with Crippen LogP contribution in [0.2, 0.25) is 0 Å². The molecule has 0 radical (unpaired) electrons. The second-order valence-electron chi connectivity index (χ2n) is 4.13. The molecule has 0 bridgehead atoms. The van der Waals surface area contributed by atoms with Crippen LogP contribution in [0.25, 0.3) is 0 Å². The Labute approximate surface area is 102 Å². The van der Waals surface area contributed by atoms with Gasteiger partial charge in [0.15, 0.2) is 0 Å². The number of rotatable bonds is 7. The number of hydrogen-bond donors (Lipinski definition) is 1. The van der Waals surface area contributed by atoms with Gasteiger partial charge in [-0.25, -0.2) is 0 Å². The van der Waals surface area contributed by atoms with E-state index < -0.39 is 0 Å². The minimum Gasteiger partial charge on any atom is -0.308 e. The highest BCUT2D eigenvalue weighted by molar-refractivity contribution is 7.05. The van der Waals surface area contributed by atoms with Crippen molar-refractivity contribution in [2.75, 3.05) is 20.1 Å². The van der Waals surface area contributed by atoms with Gasteiger partial charge in [0, 0.05) is 19.1 Å². The highest BCUT2D eigenvalue weighted by atomic mass is 32.1. The second-order valence-corrected chi connectivity index (χ2v) is 4.97. The number of aryl methyl sites for hydroxylation is 1. The largest absolute Gasteiger partial charge is 0.308 e. The molecule has 1 atom stereocenters. The molecule has 1 heterocycles. The molecule has 1 unspecified atom stereocenters. The first-order valence-electron chi connectivity index (χ1n) is 5.89. The van der Waals surface area contributed by atoms with Crippen molar-refractivity contribution in [2.24, 2.45) is 0 Å². The lowest BCUT2D eigenvalue weighted by atomic mass is 10.2. The molecule has 0 spiro atoms. The number of likely N-dealkylation sites (N-methyl/N-ethyl adjacent to an activating group) is 1. The van der Waals surface area contributed by atoms with E-state index in [-0.39, 0.29) is 0 Å². The molecule has 0 aliphatic rings. The SMILES string of the molecule is CCc1nnsc1CNC(C)CN(C)CC. The van der Waals surface area contributed by atoms with E-state index in [4.69, 9.17) is 0 Å². The molecule has 1 aromatic heterocycles. The Hall–Kier alpha value is -0.520. The molecule has 16 heavy (non-hydrogen) atoms. The number of hydrogen-bond acceptors (Lipinski definition) is 5. The van der Waals surface area contributed by atoms with Gasteiger partial charge in [-0.1, -0.05) is 18.3 Å². The highest BCUT2D eigenvalue weighted by Crippen LogP contribution is 2.10. The Balaban J connectivity index is 2.34. The molecule has 0 fully saturated rings. The molecule has 0 aromatic carbocycles. The number of nitrogens with one attached hydrogen (secondary N) is 1. The molecular formula is C11H22N4S. The van der Waals surface area contributed by atoms with Crippen molar-refractivity contribution in [2.45, 2.75) is 39.8 Å². The maximum absolute atomic E-state index is 4.11. The quantitative estimate of drug-likeness (QED) is 0.787. The van der Waals surface area contributed by atoms with Crippen molar-refractivity contribution >= 4 is 11.5 Å². The average molecular weight is 242 g/mol. The van der Waals surface area contributed by atoms with Gasteiger partial charge in [0.2, 0.25) is 0 Å². The molecule has 0 aliphatic heterocycles. The second kappa shape index (κ2) is 6.93. The van der Waals surface area contributed by atoms with Crippen molar-refractivity contribution in [3.8, 4) is 0 Å². The normalized spacial score (nSPS) is 13.3. The van der Waals surface area contributed by atoms with E-state index in [0.717, 1.165) is 31.7 Å². The third-order valence-electron chi connectivity index (χ3n) is 2.71. The fourth-order valence-electron chi connectivity index (χ4n) is 1.56. The minimum absolute atomic E-state index is 0.497. The summed E-state index contributed by atoms with van der Waals surface area (Å²) in [6.45, 7) is 9.56. The van der Waals surface area contributed by atoms with Crippen molar-refractivity contribution in [3.63, 3.8) is 0 Å². The van der Waals surface area contributed by atoms with Gasteiger partial charge in [0.1, 0.15) is 0 Å². The summed E-state index contributed by atoms with van der Waals surface area (Å²) in [6, 6.07) is 0.497. The molecular weight excluding hydrogens is 220 g/mol. The van der Waals surface area contributed by atoms with E-state index in [1.54, 1.807) is 0 Å². The Bertz CT molecular complexity index is 300. The molecule has 5 heteroatoms. The summed E-state index contributed by atoms with van der Waals surface area (Å²) in [4.78, 5) is 3.58. The standard InChI is InChI=1S/C11H22N4S/c1-5-10-11(16-14-13-10)7-12-9(3)8-15(4)6-2/h9,12H,5-8H2,1-4H3. The van der Waals surface area contributed by atoms with Gasteiger partial charge in [0.25, 0.3) is 0 Å². The van der Waals surface area contributed by atoms with Crippen molar-refractivity contribution < 1.29 is 0 Å². The maximum Gasteiger partial charge on any atom is 0.0797 e. The van der Waals surface area contributed by atoms with Crippen LogP contribution in [0.4, 0.5) is 0 Å². The Morgan fingerprint density at radius 3 is 2.81 bits per heavy atom. The van der Waals surface area contributed by atoms with Crippen molar-refractivity contribution in [1.29, 1.82) is 0 Å². The molecule has 1 N–H and O–H groups in total. The highest BCUT2D eigenvalue weighted by Gasteiger charge is 2.08. The van der Waals surface area contributed by atoms with Crippen molar-refractivity contribution in [1.82, 2.24) is 19.8 Å². The summed E-state index contributed by atoms with van der Waals surface area (Å²) in [7, 11) is 2.14. The predicted molar refractivity (Wildman–Crippen MR) is 68.8 cm³/mol. The van der Waals surface area contributed by atoms with Crippen LogP contribution < -0.4 is 5.32 Å². The van der Waals surface area contributed by atoms with Crippen LogP contribution in [0.15, 0.2) is 0 Å². The van der Waals surface area contributed by atoms with Crippen LogP contribution in [0.5, 0.6) is 0 Å². The molecule has 92 valence electrons. The minimum atomic E-state index is 0.497. The van der Waals surface area contributed by atoms with Gasteiger partial charge < -0.3 is 10.2 Å². The topological polar surface area (TPSA) is 41.1 Å². The first kappa shape index (κ1) is 13.5. The number of aromatic nitrogens is 2. The fourth-order valence-corrected chi connectivity index (χ4v) is 2.23. The van der Waals surface area contributed by atoms with Crippen LogP contribution in [0.3, 0.4) is 0 Å². The molecule has 1 aromatic rings. The molecule has 0 saturated carbocycles. The van der Waals surface area contributed by atoms with Crippen LogP contribution in [-0.4, -0.2) is 40.7 Å². The summed E-state index contributed by atoms with van der Waals surface area (Å²) in [5.41, 5.74) is 1.13. The van der Waals surface area contributed by atoms with Crippen LogP contribution in [-0.2, 0) is 13.0 Å². The van der Waals surface area contributed by atoms with Gasteiger partial charge in [-0.05, 0) is 38.5 Å². The zero-order valence-corrected chi connectivity index (χ0v) is 11.5. The van der Waals surface area contributed by atoms with Crippen LogP contribution in [0.1, 0.15) is 31.3 Å². The zero-order chi connectivity index (χ0) is 12.0. The molecule has 0 amide bonds. The Morgan fingerprint density at radius 1 is 1.44 bits per heavy atom. The van der Waals surface area contributed by atoms with Crippen LogP contribution >= 0.6 is 11.5 Å². The summed E-state index contributed by atoms with van der Waals surface area (Å²) in [5, 5.41) is 7.62. The Kier molecular flexibility index (Phi) is 5.87. The summed E-state index contributed by atoms with van der Waals surface area (Å²) in [5.74, 6) is 0. The smallest absolute Gasteiger partial charge is 0.0797 e. The van der Waals surface area contributed by atoms with E-state index in [1.807, 2.05) is 0 Å². The first-order valence-corrected chi connectivity index (χ1v) is 6.66. The van der Waals surface area contributed by atoms with E-state index in [1.165, 1.54) is 16.4 Å². The molecule has 0 aliphatic carbocycles. The summed E-state index contributed by atoms with van der Waals surface area (Å²) in [6.07, 6.45) is 0.969. The lowest BCUT2D eigenvalue weighted by Crippen LogP contribution is -2.36. The summed E-state index contributed by atoms with van der Waals surface area (Å²) < 4.78 is 3.99. The monoisotopic (exact) mass is 242 g/mol. The summed E-state index contributed by atoms with van der Waals surface area (Å²) >= 11 is 1.50. The van der Waals surface area contributed by atoms with Gasteiger partial charge in [-0.3, -0.25) is 0 Å². The fraction of sp³-hybridized carbons (Fsp3) is 0.818. The maximum atomic E-state index is 4.11. The van der Waals surface area contributed by atoms with Gasteiger partial charge >= 0.3 is 0 Å².